The van der Waals surface area contributed by atoms with Crippen LogP contribution in [0.25, 0.3) is 24.3 Å². The molecule has 0 aromatic heterocycles. The van der Waals surface area contributed by atoms with Gasteiger partial charge in [-0.15, -0.1) is 0 Å². The molecule has 1 nitrogen and oxygen atoms in total. The lowest BCUT2D eigenvalue weighted by molar-refractivity contribution is 0.609. The zero-order valence-electron chi connectivity index (χ0n) is 19.6. The minimum absolute atomic E-state index is 0.180. The van der Waals surface area contributed by atoms with Crippen LogP contribution in [-0.2, 0) is 5.54 Å². The van der Waals surface area contributed by atoms with Gasteiger partial charge in [-0.2, -0.15) is 0 Å². The molecule has 0 aliphatic carbocycles. The third-order valence-corrected chi connectivity index (χ3v) is 5.81. The van der Waals surface area contributed by atoms with Crippen LogP contribution in [0, 0.1) is 6.92 Å². The zero-order valence-corrected chi connectivity index (χ0v) is 19.6. The maximum absolute atomic E-state index is 3.68. The van der Waals surface area contributed by atoms with Crippen molar-refractivity contribution in [1.29, 1.82) is 0 Å². The molecule has 4 aromatic rings. The van der Waals surface area contributed by atoms with E-state index in [1.807, 2.05) is 6.07 Å². The van der Waals surface area contributed by atoms with E-state index < -0.39 is 0 Å². The van der Waals surface area contributed by atoms with Crippen LogP contribution in [0.2, 0.25) is 0 Å². The van der Waals surface area contributed by atoms with Gasteiger partial charge in [-0.3, -0.25) is 0 Å². The maximum atomic E-state index is 3.68. The molecule has 0 fully saturated rings. The van der Waals surface area contributed by atoms with Gasteiger partial charge < -0.3 is 5.32 Å². The molecule has 33 heavy (non-hydrogen) atoms. The number of hydrogen-bond acceptors (Lipinski definition) is 1. The Morgan fingerprint density at radius 3 is 1.45 bits per heavy atom. The smallest absolute Gasteiger partial charge is 0.0569 e. The largest absolute Gasteiger partial charge is 0.376 e. The molecule has 0 aliphatic rings. The van der Waals surface area contributed by atoms with E-state index in [1.165, 1.54) is 33.4 Å². The second kappa shape index (κ2) is 10.2. The third kappa shape index (κ3) is 6.33. The molecule has 4 aromatic carbocycles. The number of nitrogens with one attached hydrogen (secondary N) is 1. The number of hydrogen-bond donors (Lipinski definition) is 1. The number of anilines is 1. The SMILES string of the molecule is Cc1ccc(/C=C/c2ccc(C(C)(C)Nc3ccc(/C=C/c4ccccc4)cc3)cc2)cc1. The summed E-state index contributed by atoms with van der Waals surface area (Å²) in [6, 6.07) is 36.3. The van der Waals surface area contributed by atoms with E-state index in [-0.39, 0.29) is 5.54 Å². The Bertz CT molecular complexity index is 1210. The lowest BCUT2D eigenvalue weighted by Crippen LogP contribution is -2.27. The molecular weight excluding hydrogens is 398 g/mol. The standard InChI is InChI=1S/C32H31N/c1-25-9-11-27(12-10-25)15-16-28-17-21-30(22-18-28)32(2,3)33-31-23-19-29(20-24-31)14-13-26-7-5-4-6-8-26/h4-24,33H,1-3H3/b14-13+,16-15+. The Balaban J connectivity index is 1.39. The fourth-order valence-electron chi connectivity index (χ4n) is 3.75. The normalized spacial score (nSPS) is 11.8. The Morgan fingerprint density at radius 1 is 0.515 bits per heavy atom. The molecule has 0 spiro atoms. The van der Waals surface area contributed by atoms with Gasteiger partial charge in [0.2, 0.25) is 0 Å². The summed E-state index contributed by atoms with van der Waals surface area (Å²) in [4.78, 5) is 0. The lowest BCUT2D eigenvalue weighted by atomic mass is 9.93. The van der Waals surface area contributed by atoms with Gasteiger partial charge in [-0.05, 0) is 60.7 Å². The average molecular weight is 430 g/mol. The molecule has 0 unspecified atom stereocenters. The highest BCUT2D eigenvalue weighted by atomic mass is 15.0. The summed E-state index contributed by atoms with van der Waals surface area (Å²) in [6.07, 6.45) is 8.61. The first-order chi connectivity index (χ1) is 16.0. The Morgan fingerprint density at radius 2 is 0.939 bits per heavy atom. The Hall–Kier alpha value is -3.84. The van der Waals surface area contributed by atoms with Gasteiger partial charge >= 0.3 is 0 Å². The van der Waals surface area contributed by atoms with E-state index in [0.29, 0.717) is 0 Å². The molecule has 164 valence electrons. The van der Waals surface area contributed by atoms with Crippen LogP contribution < -0.4 is 5.32 Å². The van der Waals surface area contributed by atoms with Crippen LogP contribution in [-0.4, -0.2) is 0 Å². The van der Waals surface area contributed by atoms with Crippen LogP contribution in [0.3, 0.4) is 0 Å². The topological polar surface area (TPSA) is 12.0 Å². The number of aryl methyl sites for hydroxylation is 1. The highest BCUT2D eigenvalue weighted by Crippen LogP contribution is 2.27. The second-order valence-electron chi connectivity index (χ2n) is 8.98. The quantitative estimate of drug-likeness (QED) is 0.290. The van der Waals surface area contributed by atoms with Crippen LogP contribution in [0.5, 0.6) is 0 Å². The summed E-state index contributed by atoms with van der Waals surface area (Å²) in [5.41, 5.74) is 8.27. The predicted molar refractivity (Wildman–Crippen MR) is 145 cm³/mol. The molecule has 0 amide bonds. The van der Waals surface area contributed by atoms with Crippen molar-refractivity contribution in [3.63, 3.8) is 0 Å². The highest BCUT2D eigenvalue weighted by molar-refractivity contribution is 5.71. The third-order valence-electron chi connectivity index (χ3n) is 5.81. The predicted octanol–water partition coefficient (Wildman–Crippen LogP) is 8.68. The van der Waals surface area contributed by atoms with Crippen molar-refractivity contribution in [1.82, 2.24) is 0 Å². The maximum Gasteiger partial charge on any atom is 0.0569 e. The monoisotopic (exact) mass is 429 g/mol. The van der Waals surface area contributed by atoms with Crippen LogP contribution in [0.15, 0.2) is 103 Å². The fourth-order valence-corrected chi connectivity index (χ4v) is 3.75. The second-order valence-corrected chi connectivity index (χ2v) is 8.98. The van der Waals surface area contributed by atoms with E-state index >= 15 is 0 Å². The molecule has 0 heterocycles. The van der Waals surface area contributed by atoms with Gasteiger partial charge in [0, 0.05) is 5.69 Å². The molecule has 0 bridgehead atoms. The van der Waals surface area contributed by atoms with Crippen molar-refractivity contribution in [2.45, 2.75) is 26.3 Å². The van der Waals surface area contributed by atoms with Crippen molar-refractivity contribution in [2.75, 3.05) is 5.32 Å². The minimum Gasteiger partial charge on any atom is -0.376 e. The van der Waals surface area contributed by atoms with E-state index in [2.05, 4.69) is 147 Å². The summed E-state index contributed by atoms with van der Waals surface area (Å²) in [7, 11) is 0. The molecule has 0 atom stereocenters. The zero-order chi connectivity index (χ0) is 23.1. The van der Waals surface area contributed by atoms with Crippen molar-refractivity contribution < 1.29 is 0 Å². The highest BCUT2D eigenvalue weighted by Gasteiger charge is 2.19. The molecule has 0 aliphatic heterocycles. The van der Waals surface area contributed by atoms with Crippen LogP contribution in [0.1, 0.15) is 47.2 Å². The molecule has 1 N–H and O–H groups in total. The minimum atomic E-state index is -0.180. The summed E-state index contributed by atoms with van der Waals surface area (Å²) in [6.45, 7) is 6.54. The van der Waals surface area contributed by atoms with E-state index in [4.69, 9.17) is 0 Å². The molecule has 0 radical (unpaired) electrons. The Kier molecular flexibility index (Phi) is 6.90. The van der Waals surface area contributed by atoms with Crippen molar-refractivity contribution in [3.8, 4) is 0 Å². The van der Waals surface area contributed by atoms with Crippen molar-refractivity contribution in [3.05, 3.63) is 137 Å². The summed E-state index contributed by atoms with van der Waals surface area (Å²) < 4.78 is 0. The first-order valence-electron chi connectivity index (χ1n) is 11.4. The van der Waals surface area contributed by atoms with E-state index in [9.17, 15) is 0 Å². The van der Waals surface area contributed by atoms with Gasteiger partial charge in [0.1, 0.15) is 0 Å². The molecule has 0 saturated carbocycles. The molecule has 4 rings (SSSR count). The van der Waals surface area contributed by atoms with Crippen LogP contribution in [0.4, 0.5) is 5.69 Å². The first kappa shape index (κ1) is 22.4. The van der Waals surface area contributed by atoms with Gasteiger partial charge in [0.25, 0.3) is 0 Å². The molecule has 1 heteroatoms. The number of benzene rings is 4. The van der Waals surface area contributed by atoms with Crippen molar-refractivity contribution in [2.24, 2.45) is 0 Å². The van der Waals surface area contributed by atoms with Crippen molar-refractivity contribution >= 4 is 30.0 Å². The summed E-state index contributed by atoms with van der Waals surface area (Å²) in [5, 5.41) is 3.68. The van der Waals surface area contributed by atoms with E-state index in [0.717, 1.165) is 5.69 Å². The fraction of sp³-hybridized carbons (Fsp3) is 0.125. The van der Waals surface area contributed by atoms with Gasteiger partial charge in [0.05, 0.1) is 5.54 Å². The summed E-state index contributed by atoms with van der Waals surface area (Å²) >= 11 is 0. The van der Waals surface area contributed by atoms with Gasteiger partial charge in [-0.1, -0.05) is 121 Å². The van der Waals surface area contributed by atoms with Gasteiger partial charge in [-0.25, -0.2) is 0 Å². The Labute approximate surface area is 198 Å². The molecular formula is C32H31N. The number of rotatable bonds is 7. The van der Waals surface area contributed by atoms with Gasteiger partial charge in [0.15, 0.2) is 0 Å². The average Bonchev–Trinajstić information content (AvgIpc) is 2.84. The van der Waals surface area contributed by atoms with E-state index in [1.54, 1.807) is 0 Å². The lowest BCUT2D eigenvalue weighted by Gasteiger charge is -2.28. The molecule has 0 saturated heterocycles. The van der Waals surface area contributed by atoms with Crippen LogP contribution >= 0.6 is 0 Å². The first-order valence-corrected chi connectivity index (χ1v) is 11.4. The summed E-state index contributed by atoms with van der Waals surface area (Å²) in [5.74, 6) is 0.